The first kappa shape index (κ1) is 29.8. The van der Waals surface area contributed by atoms with E-state index in [0.29, 0.717) is 28.2 Å². The van der Waals surface area contributed by atoms with E-state index >= 15 is 0 Å². The van der Waals surface area contributed by atoms with Gasteiger partial charge in [-0.15, -0.1) is 5.11 Å². The van der Waals surface area contributed by atoms with Crippen molar-refractivity contribution < 1.29 is 28.0 Å². The van der Waals surface area contributed by atoms with Crippen molar-refractivity contribution in [3.8, 4) is 16.9 Å². The molecule has 0 fully saturated rings. The molecule has 0 amide bonds. The lowest BCUT2D eigenvalue weighted by atomic mass is 10.0. The molecule has 7 N–H and O–H groups in total. The molecule has 0 atom stereocenters. The third kappa shape index (κ3) is 6.11. The summed E-state index contributed by atoms with van der Waals surface area (Å²) < 4.78 is 32.9. The zero-order valence-corrected chi connectivity index (χ0v) is 23.9. The highest BCUT2D eigenvalue weighted by atomic mass is 32.2. The van der Waals surface area contributed by atoms with Crippen molar-refractivity contribution in [2.45, 2.75) is 32.6 Å². The number of aryl methyl sites for hydroxylation is 4. The van der Waals surface area contributed by atoms with Gasteiger partial charge >= 0.3 is 5.97 Å². The van der Waals surface area contributed by atoms with E-state index in [9.17, 15) is 28.0 Å². The predicted molar refractivity (Wildman–Crippen MR) is 159 cm³/mol. The number of carboxylic acid groups (broad SMARTS) is 1. The highest BCUT2D eigenvalue weighted by molar-refractivity contribution is 7.86. The molecule has 4 rings (SSSR count). The number of phenols is 1. The summed E-state index contributed by atoms with van der Waals surface area (Å²) in [5, 5.41) is 36.0. The highest BCUT2D eigenvalue weighted by Gasteiger charge is 2.21. The Bertz CT molecular complexity index is 1920. The molecule has 4 aromatic carbocycles. The fourth-order valence-corrected chi connectivity index (χ4v) is 4.91. The molecule has 216 valence electrons. The summed E-state index contributed by atoms with van der Waals surface area (Å²) in [6, 6.07) is 15.1. The lowest BCUT2D eigenvalue weighted by molar-refractivity contribution is 0.0693. The number of carboxylic acids is 1. The quantitative estimate of drug-likeness (QED) is 0.0841. The summed E-state index contributed by atoms with van der Waals surface area (Å²) in [5.74, 6) is -1.56. The van der Waals surface area contributed by atoms with Crippen molar-refractivity contribution in [1.82, 2.24) is 0 Å². The molecule has 0 saturated heterocycles. The third-order valence-corrected chi connectivity index (χ3v) is 7.49. The Morgan fingerprint density at radius 1 is 0.714 bits per heavy atom. The van der Waals surface area contributed by atoms with Crippen molar-refractivity contribution in [2.24, 2.45) is 20.5 Å². The van der Waals surface area contributed by atoms with Gasteiger partial charge in [-0.25, -0.2) is 4.79 Å². The van der Waals surface area contributed by atoms with E-state index in [-0.39, 0.29) is 28.4 Å². The molecule has 0 aliphatic carbocycles. The SMILES string of the molecule is Cc1cc(-c2ccc(N=Nc3c(N)c(C)cc(S(=O)(=O)O)c3N)c(C)c2)ccc1N=Nc1cc(C)c(O)c(C(=O)O)c1. The van der Waals surface area contributed by atoms with Crippen LogP contribution in [0.5, 0.6) is 5.75 Å². The summed E-state index contributed by atoms with van der Waals surface area (Å²) in [6.07, 6.45) is 0. The lowest BCUT2D eigenvalue weighted by Gasteiger charge is -2.11. The van der Waals surface area contributed by atoms with Crippen LogP contribution in [0.15, 0.2) is 79.9 Å². The number of carbonyl (C=O) groups is 1. The van der Waals surface area contributed by atoms with Gasteiger partial charge in [-0.05, 0) is 104 Å². The summed E-state index contributed by atoms with van der Waals surface area (Å²) in [6.45, 7) is 6.86. The monoisotopic (exact) mass is 588 g/mol. The van der Waals surface area contributed by atoms with Gasteiger partial charge < -0.3 is 21.7 Å². The minimum absolute atomic E-state index is 0.0480. The van der Waals surface area contributed by atoms with Gasteiger partial charge in [0.2, 0.25) is 0 Å². The van der Waals surface area contributed by atoms with Crippen molar-refractivity contribution in [1.29, 1.82) is 0 Å². The molecule has 0 unspecified atom stereocenters. The van der Waals surface area contributed by atoms with Gasteiger partial charge in [0, 0.05) is 0 Å². The van der Waals surface area contributed by atoms with Crippen LogP contribution in [0.4, 0.5) is 34.1 Å². The van der Waals surface area contributed by atoms with Gasteiger partial charge in [0.05, 0.1) is 28.4 Å². The van der Waals surface area contributed by atoms with Crippen molar-refractivity contribution in [3.05, 3.63) is 82.4 Å². The first-order valence-corrected chi connectivity index (χ1v) is 13.9. The maximum atomic E-state index is 11.7. The molecule has 13 heteroatoms. The molecule has 12 nitrogen and oxygen atoms in total. The summed E-state index contributed by atoms with van der Waals surface area (Å²) in [5.41, 5.74) is 17.1. The molecule has 0 radical (unpaired) electrons. The zero-order valence-electron chi connectivity index (χ0n) is 23.1. The van der Waals surface area contributed by atoms with E-state index in [1.54, 1.807) is 32.0 Å². The molecule has 42 heavy (non-hydrogen) atoms. The van der Waals surface area contributed by atoms with E-state index in [1.807, 2.05) is 38.1 Å². The van der Waals surface area contributed by atoms with Crippen LogP contribution in [0.2, 0.25) is 0 Å². The number of rotatable bonds is 7. The molecule has 0 aromatic heterocycles. The van der Waals surface area contributed by atoms with Crippen LogP contribution in [0, 0.1) is 27.7 Å². The highest BCUT2D eigenvalue weighted by Crippen LogP contribution is 2.39. The summed E-state index contributed by atoms with van der Waals surface area (Å²) >= 11 is 0. The Balaban J connectivity index is 1.60. The smallest absolute Gasteiger partial charge is 0.339 e. The van der Waals surface area contributed by atoms with Crippen LogP contribution in [0.3, 0.4) is 0 Å². The first-order chi connectivity index (χ1) is 19.7. The second kappa shape index (κ2) is 11.4. The molecular weight excluding hydrogens is 560 g/mol. The standard InChI is InChI=1S/C29H28N6O6S/c1-14-9-18(5-7-22(14)33-32-20-11-17(4)28(36)21(13-20)29(37)38)19-6-8-23(15(2)10-19)34-35-27-25(30)16(3)12-24(26(27)31)42(39,40)41/h5-13,36H,30-31H2,1-4H3,(H,37,38)(H,39,40,41). The van der Waals surface area contributed by atoms with E-state index < -0.39 is 21.0 Å². The molecule has 0 spiro atoms. The number of aromatic carboxylic acids is 1. The molecule has 0 saturated carbocycles. The van der Waals surface area contributed by atoms with E-state index in [1.165, 1.54) is 12.1 Å². The van der Waals surface area contributed by atoms with E-state index in [2.05, 4.69) is 20.5 Å². The number of nitrogens with zero attached hydrogens (tertiary/aromatic N) is 4. The lowest BCUT2D eigenvalue weighted by Crippen LogP contribution is -2.06. The minimum atomic E-state index is -4.58. The normalized spacial score (nSPS) is 11.9. The third-order valence-electron chi connectivity index (χ3n) is 6.60. The molecule has 0 aliphatic heterocycles. The Morgan fingerprint density at radius 3 is 1.76 bits per heavy atom. The second-order valence-electron chi connectivity index (χ2n) is 9.71. The molecule has 0 heterocycles. The first-order valence-electron chi connectivity index (χ1n) is 12.5. The van der Waals surface area contributed by atoms with Gasteiger partial charge in [-0.2, -0.15) is 23.8 Å². The largest absolute Gasteiger partial charge is 0.507 e. The van der Waals surface area contributed by atoms with Crippen LogP contribution < -0.4 is 11.5 Å². The van der Waals surface area contributed by atoms with Crippen LogP contribution in [0.25, 0.3) is 11.1 Å². The van der Waals surface area contributed by atoms with Gasteiger partial charge in [0.25, 0.3) is 10.1 Å². The average Bonchev–Trinajstić information content (AvgIpc) is 2.91. The number of nitrogens with two attached hydrogens (primary N) is 2. The number of azo groups is 2. The predicted octanol–water partition coefficient (Wildman–Crippen LogP) is 7.23. The van der Waals surface area contributed by atoms with Crippen LogP contribution >= 0.6 is 0 Å². The number of anilines is 2. The molecule has 0 aliphatic rings. The van der Waals surface area contributed by atoms with Crippen molar-refractivity contribution >= 4 is 50.2 Å². The van der Waals surface area contributed by atoms with Crippen molar-refractivity contribution in [3.63, 3.8) is 0 Å². The molecular formula is C29H28N6O6S. The van der Waals surface area contributed by atoms with Gasteiger partial charge in [-0.1, -0.05) is 12.1 Å². The summed E-state index contributed by atoms with van der Waals surface area (Å²) in [7, 11) is -4.58. The average molecular weight is 589 g/mol. The van der Waals surface area contributed by atoms with E-state index in [4.69, 9.17) is 11.5 Å². The van der Waals surface area contributed by atoms with Crippen LogP contribution in [-0.2, 0) is 10.1 Å². The maximum absolute atomic E-state index is 11.7. The fraction of sp³-hybridized carbons (Fsp3) is 0.138. The second-order valence-corrected chi connectivity index (χ2v) is 11.1. The van der Waals surface area contributed by atoms with Gasteiger partial charge in [-0.3, -0.25) is 4.55 Å². The van der Waals surface area contributed by atoms with Crippen LogP contribution in [-0.4, -0.2) is 29.2 Å². The Kier molecular flexibility index (Phi) is 8.09. The van der Waals surface area contributed by atoms with Crippen molar-refractivity contribution in [2.75, 3.05) is 11.5 Å². The topological polar surface area (TPSA) is 213 Å². The molecule has 4 aromatic rings. The number of hydrogen-bond acceptors (Lipinski definition) is 10. The number of aromatic hydroxyl groups is 1. The Morgan fingerprint density at radius 2 is 1.26 bits per heavy atom. The number of nitrogen functional groups attached to an aromatic ring is 2. The number of hydrogen-bond donors (Lipinski definition) is 5. The fourth-order valence-electron chi connectivity index (χ4n) is 4.21. The summed E-state index contributed by atoms with van der Waals surface area (Å²) in [4.78, 5) is 10.9. The van der Waals surface area contributed by atoms with Gasteiger partial charge in [0.15, 0.2) is 0 Å². The Hall–Kier alpha value is -5.14. The Labute approximate surface area is 241 Å². The molecule has 0 bridgehead atoms. The van der Waals surface area contributed by atoms with E-state index in [0.717, 1.165) is 22.3 Å². The van der Waals surface area contributed by atoms with Gasteiger partial charge in [0.1, 0.15) is 21.9 Å². The number of benzene rings is 4. The maximum Gasteiger partial charge on any atom is 0.339 e. The van der Waals surface area contributed by atoms with Crippen LogP contribution in [0.1, 0.15) is 32.6 Å². The minimum Gasteiger partial charge on any atom is -0.507 e. The zero-order chi connectivity index (χ0) is 30.9.